The van der Waals surface area contributed by atoms with Gasteiger partial charge in [-0.1, -0.05) is 292 Å². The van der Waals surface area contributed by atoms with E-state index in [1.165, 1.54) is 43.8 Å². The average Bonchev–Trinajstić information content (AvgIpc) is 0.779. The molecule has 0 radical (unpaired) electrons. The molecule has 0 saturated heterocycles. The topological polar surface area (TPSA) is 156 Å². The standard InChI is InChI=1S/C40H38O2S.C34H34O4.C32H34O2S/c1-5-27-22-31(24-38(40(27)42)32(6-2)36-20-12-16-29-14-8-10-18-35(29)36)43-30-21-25(3)39(41)37(23-30)26(4)33-19-11-15-28-13-7-9-17-34(28)33;1-5-25-16-29(30(6-2)27-13-9-24(20-36)10-14-27)18-32(34(25)38)31-17-28(15-21(3)33(31)37)22(4)26-11-7-23(19-35)8-12-26;1-5-23-18-27(20-30(32(23)34)28(6-2)25-15-11-8-12-16-25)35-26-17-21(3)31(33)29(19-26)22(4)24-13-9-7-10-14-24/h7-24,26,32,41-42H,5-6H2,1-4H3;7-20,22,30,37-38H,5-6H2,1-4H3;7-20,22,28,33-34H,5-6H2,1-4H3. The van der Waals surface area contributed by atoms with Gasteiger partial charge in [0, 0.05) is 99.6 Å². The third-order valence-corrected chi connectivity index (χ3v) is 25.2. The van der Waals surface area contributed by atoms with Crippen LogP contribution in [0.2, 0.25) is 0 Å². The normalized spacial score (nSPS) is 12.8. The molecule has 0 aliphatic carbocycles. The smallest absolute Gasteiger partial charge is 0.150 e. The van der Waals surface area contributed by atoms with Gasteiger partial charge in [-0.15, -0.1) is 0 Å². The molecule has 14 rings (SSSR count). The molecule has 0 spiro atoms. The fraction of sp³-hybridized carbons (Fsp3) is 0.226. The highest BCUT2D eigenvalue weighted by molar-refractivity contribution is 7.99. The lowest BCUT2D eigenvalue weighted by molar-refractivity contribution is 0.111. The van der Waals surface area contributed by atoms with Crippen molar-refractivity contribution in [1.29, 1.82) is 0 Å². The Labute approximate surface area is 693 Å². The first-order chi connectivity index (χ1) is 56.1. The molecule has 6 atom stereocenters. The van der Waals surface area contributed by atoms with Gasteiger partial charge in [-0.05, 0) is 219 Å². The van der Waals surface area contributed by atoms with Crippen molar-refractivity contribution in [3.05, 3.63) is 378 Å². The average molecular weight is 1570 g/mol. The number of hydrogen-bond acceptors (Lipinski definition) is 10. The van der Waals surface area contributed by atoms with E-state index >= 15 is 0 Å². The van der Waals surface area contributed by atoms with Crippen LogP contribution >= 0.6 is 23.5 Å². The van der Waals surface area contributed by atoms with Gasteiger partial charge >= 0.3 is 0 Å². The number of aldehydes is 2. The molecule has 10 heteroatoms. The van der Waals surface area contributed by atoms with Gasteiger partial charge in [0.15, 0.2) is 0 Å². The van der Waals surface area contributed by atoms with Crippen LogP contribution in [-0.2, 0) is 19.3 Å². The molecule has 0 aliphatic rings. The van der Waals surface area contributed by atoms with Crippen LogP contribution in [0, 0.1) is 20.8 Å². The van der Waals surface area contributed by atoms with Crippen molar-refractivity contribution in [3.8, 4) is 45.6 Å². The quantitative estimate of drug-likeness (QED) is 0.0305. The summed E-state index contributed by atoms with van der Waals surface area (Å²) in [5, 5.41) is 72.0. The summed E-state index contributed by atoms with van der Waals surface area (Å²) in [4.78, 5) is 26.6. The Morgan fingerprint density at radius 3 is 1.16 bits per heavy atom. The van der Waals surface area contributed by atoms with Gasteiger partial charge in [0.25, 0.3) is 0 Å². The van der Waals surface area contributed by atoms with E-state index in [2.05, 4.69) is 219 Å². The van der Waals surface area contributed by atoms with E-state index in [0.29, 0.717) is 51.7 Å². The Bertz CT molecular complexity index is 5780. The molecule has 0 aromatic heterocycles. The Kier molecular flexibility index (Phi) is 27.7. The fourth-order valence-corrected chi connectivity index (χ4v) is 18.7. The minimum absolute atomic E-state index is 0.0164. The van der Waals surface area contributed by atoms with Crippen LogP contribution in [0.25, 0.3) is 32.7 Å². The molecule has 14 aromatic rings. The van der Waals surface area contributed by atoms with Crippen LogP contribution in [0.5, 0.6) is 34.5 Å². The van der Waals surface area contributed by atoms with Crippen molar-refractivity contribution in [3.63, 3.8) is 0 Å². The van der Waals surface area contributed by atoms with Gasteiger partial charge in [0.2, 0.25) is 0 Å². The zero-order chi connectivity index (χ0) is 82.4. The van der Waals surface area contributed by atoms with E-state index < -0.39 is 0 Å². The predicted molar refractivity (Wildman–Crippen MR) is 482 cm³/mol. The van der Waals surface area contributed by atoms with Gasteiger partial charge in [-0.25, -0.2) is 0 Å². The number of phenols is 6. The molecule has 590 valence electrons. The van der Waals surface area contributed by atoms with E-state index in [1.54, 1.807) is 23.5 Å². The van der Waals surface area contributed by atoms with Crippen molar-refractivity contribution >= 4 is 57.6 Å². The number of carbonyl (C=O) groups excluding carboxylic acids is 2. The first-order valence-corrected chi connectivity index (χ1v) is 42.3. The van der Waals surface area contributed by atoms with Gasteiger partial charge in [-0.2, -0.15) is 0 Å². The van der Waals surface area contributed by atoms with Crippen LogP contribution in [-0.4, -0.2) is 43.2 Å². The maximum absolute atomic E-state index is 11.5. The summed E-state index contributed by atoms with van der Waals surface area (Å²) in [6, 6.07) is 90.5. The summed E-state index contributed by atoms with van der Waals surface area (Å²) >= 11 is 3.39. The maximum Gasteiger partial charge on any atom is 0.150 e. The van der Waals surface area contributed by atoms with Crippen molar-refractivity contribution in [2.75, 3.05) is 0 Å². The first-order valence-electron chi connectivity index (χ1n) is 40.7. The summed E-state index contributed by atoms with van der Waals surface area (Å²) in [6.07, 6.45) is 6.46. The largest absolute Gasteiger partial charge is 0.507 e. The minimum atomic E-state index is 0.0164. The summed E-state index contributed by atoms with van der Waals surface area (Å²) < 4.78 is 0. The van der Waals surface area contributed by atoms with Gasteiger partial charge < -0.3 is 30.6 Å². The lowest BCUT2D eigenvalue weighted by Gasteiger charge is -2.22. The number of carbonyl (C=O) groups is 2. The van der Waals surface area contributed by atoms with Crippen LogP contribution in [0.1, 0.15) is 238 Å². The van der Waals surface area contributed by atoms with E-state index in [9.17, 15) is 40.2 Å². The molecule has 0 aliphatic heterocycles. The SMILES string of the molecule is CCc1cc(C(CC)c2ccc(C=O)cc2)cc(-c2cc(C(C)c3ccc(C=O)cc3)cc(C)c2O)c1O.CCc1cc(Sc2cc(C)c(O)c(C(C)c3cccc4ccccc34)c2)cc(C(CC)c2cccc3ccccc23)c1O.CCc1cc(Sc2cc(C)c(O)c(C(C)c3ccccc3)c2)cc(C(CC)c2ccccc2)c1O. The van der Waals surface area contributed by atoms with E-state index in [0.717, 1.165) is 142 Å². The highest BCUT2D eigenvalue weighted by Gasteiger charge is 2.27. The molecular weight excluding hydrogens is 1470 g/mol. The Balaban J connectivity index is 0.000000161. The second-order valence-electron chi connectivity index (χ2n) is 30.5. The second-order valence-corrected chi connectivity index (χ2v) is 32.8. The third-order valence-electron chi connectivity index (χ3n) is 23.3. The molecule has 0 fully saturated rings. The van der Waals surface area contributed by atoms with Gasteiger partial charge in [0.1, 0.15) is 47.1 Å². The van der Waals surface area contributed by atoms with Crippen molar-refractivity contribution in [2.45, 2.75) is 177 Å². The van der Waals surface area contributed by atoms with Crippen LogP contribution in [0.15, 0.2) is 287 Å². The van der Waals surface area contributed by atoms with Gasteiger partial charge in [-0.3, -0.25) is 9.59 Å². The summed E-state index contributed by atoms with van der Waals surface area (Å²) in [6.45, 7) is 24.9. The molecule has 14 aromatic carbocycles. The van der Waals surface area contributed by atoms with E-state index in [-0.39, 0.29) is 47.0 Å². The highest BCUT2D eigenvalue weighted by Crippen LogP contribution is 2.49. The lowest BCUT2D eigenvalue weighted by Crippen LogP contribution is -2.03. The molecule has 6 N–H and O–H groups in total. The monoisotopic (exact) mass is 1570 g/mol. The molecular formula is C106H106O8S2. The van der Waals surface area contributed by atoms with Crippen molar-refractivity contribution in [2.24, 2.45) is 0 Å². The number of benzene rings is 14. The second kappa shape index (κ2) is 38.3. The zero-order valence-electron chi connectivity index (χ0n) is 68.6. The third kappa shape index (κ3) is 18.5. The van der Waals surface area contributed by atoms with Crippen LogP contribution in [0.3, 0.4) is 0 Å². The first kappa shape index (κ1) is 83.9. The van der Waals surface area contributed by atoms with Crippen LogP contribution < -0.4 is 0 Å². The number of hydrogen-bond donors (Lipinski definition) is 6. The van der Waals surface area contributed by atoms with Gasteiger partial charge in [0.05, 0.1) is 0 Å². The molecule has 0 heterocycles. The summed E-state index contributed by atoms with van der Waals surface area (Å²) in [5.74, 6) is 2.25. The molecule has 0 amide bonds. The van der Waals surface area contributed by atoms with Crippen LogP contribution in [0.4, 0.5) is 0 Å². The minimum Gasteiger partial charge on any atom is -0.507 e. The van der Waals surface area contributed by atoms with Crippen molar-refractivity contribution in [1.82, 2.24) is 0 Å². The predicted octanol–water partition coefficient (Wildman–Crippen LogP) is 27.9. The fourth-order valence-electron chi connectivity index (χ4n) is 16.5. The number of aryl methyl sites for hydroxylation is 6. The Morgan fingerprint density at radius 1 is 0.284 bits per heavy atom. The molecule has 116 heavy (non-hydrogen) atoms. The highest BCUT2D eigenvalue weighted by atomic mass is 32.2. The maximum atomic E-state index is 11.5. The molecule has 0 saturated carbocycles. The Hall–Kier alpha value is -11.6. The number of aromatic hydroxyl groups is 6. The molecule has 6 unspecified atom stereocenters. The summed E-state index contributed by atoms with van der Waals surface area (Å²) in [5.41, 5.74) is 20.5. The summed E-state index contributed by atoms with van der Waals surface area (Å²) in [7, 11) is 0. The molecule has 8 nitrogen and oxygen atoms in total. The van der Waals surface area contributed by atoms with E-state index in [1.807, 2.05) is 131 Å². The number of rotatable bonds is 25. The lowest BCUT2D eigenvalue weighted by atomic mass is 9.84. The number of fused-ring (bicyclic) bond motifs is 2. The van der Waals surface area contributed by atoms with Crippen molar-refractivity contribution < 1.29 is 40.2 Å². The van der Waals surface area contributed by atoms with E-state index in [4.69, 9.17) is 0 Å². The Morgan fingerprint density at radius 2 is 0.664 bits per heavy atom. The molecule has 0 bridgehead atoms. The zero-order valence-corrected chi connectivity index (χ0v) is 70.2. The number of phenolic OH excluding ortho intramolecular Hbond substituents is 6.